The van der Waals surface area contributed by atoms with E-state index in [0.29, 0.717) is 28.2 Å². The molecule has 1 N–H and O–H groups in total. The lowest BCUT2D eigenvalue weighted by Crippen LogP contribution is -2.26. The van der Waals surface area contributed by atoms with Gasteiger partial charge in [-0.25, -0.2) is 0 Å². The Balaban J connectivity index is 1.34. The number of fused-ring (bicyclic) bond motifs is 1. The van der Waals surface area contributed by atoms with E-state index in [1.807, 2.05) is 10.6 Å². The number of carbonyl (C=O) groups is 1. The van der Waals surface area contributed by atoms with E-state index in [1.54, 1.807) is 22.7 Å². The van der Waals surface area contributed by atoms with Crippen molar-refractivity contribution in [1.29, 1.82) is 5.26 Å². The highest BCUT2D eigenvalue weighted by atomic mass is 32.2. The first-order chi connectivity index (χ1) is 19.6. The molecular formula is C32H35N5OS3. The molecule has 3 heterocycles. The van der Waals surface area contributed by atoms with Gasteiger partial charge in [-0.15, -0.1) is 39.4 Å². The second kappa shape index (κ2) is 12.0. The summed E-state index contributed by atoms with van der Waals surface area (Å²) in [5, 5.41) is 25.4. The largest absolute Gasteiger partial charge is 0.316 e. The van der Waals surface area contributed by atoms with Gasteiger partial charge in [0.1, 0.15) is 11.1 Å². The lowest BCUT2D eigenvalue weighted by molar-refractivity contribution is -0.113. The maximum atomic E-state index is 13.1. The molecule has 1 amide bonds. The molecule has 1 aliphatic carbocycles. The van der Waals surface area contributed by atoms with Crippen molar-refractivity contribution in [1.82, 2.24) is 14.8 Å². The van der Waals surface area contributed by atoms with Gasteiger partial charge in [0.05, 0.1) is 11.3 Å². The van der Waals surface area contributed by atoms with Crippen LogP contribution in [0.4, 0.5) is 5.00 Å². The molecule has 1 aliphatic rings. The lowest BCUT2D eigenvalue weighted by atomic mass is 9.72. The van der Waals surface area contributed by atoms with Crippen molar-refractivity contribution in [2.45, 2.75) is 65.6 Å². The van der Waals surface area contributed by atoms with E-state index >= 15 is 0 Å². The molecule has 1 aromatic carbocycles. The molecule has 0 spiro atoms. The molecule has 0 saturated carbocycles. The highest BCUT2D eigenvalue weighted by Crippen LogP contribution is 2.44. The first-order valence-corrected chi connectivity index (χ1v) is 16.5. The SMILES string of the molecule is C=CCn1c(SCC(=O)Nc2sc3c(c2C#N)CCC(C(C)(C)C)C3)nnc1-c1csc(C)c1-c1ccc(C)cc1. The fourth-order valence-corrected chi connectivity index (χ4v) is 8.32. The van der Waals surface area contributed by atoms with Crippen LogP contribution in [0.1, 0.15) is 53.6 Å². The van der Waals surface area contributed by atoms with Crippen LogP contribution in [0.5, 0.6) is 0 Å². The van der Waals surface area contributed by atoms with Crippen molar-refractivity contribution < 1.29 is 4.79 Å². The zero-order valence-electron chi connectivity index (χ0n) is 24.2. The fourth-order valence-electron chi connectivity index (χ4n) is 5.41. The Hall–Kier alpha value is -3.19. The number of rotatable bonds is 8. The maximum absolute atomic E-state index is 13.1. The van der Waals surface area contributed by atoms with Crippen molar-refractivity contribution in [3.05, 3.63) is 68.7 Å². The van der Waals surface area contributed by atoms with Gasteiger partial charge in [-0.3, -0.25) is 9.36 Å². The van der Waals surface area contributed by atoms with Crippen molar-refractivity contribution >= 4 is 45.3 Å². The molecule has 5 rings (SSSR count). The quantitative estimate of drug-likeness (QED) is 0.162. The number of carbonyl (C=O) groups excluding carboxylic acids is 1. The molecule has 0 aliphatic heterocycles. The second-order valence-electron chi connectivity index (χ2n) is 11.6. The van der Waals surface area contributed by atoms with E-state index in [4.69, 9.17) is 0 Å². The van der Waals surface area contributed by atoms with Crippen LogP contribution in [-0.4, -0.2) is 26.4 Å². The first-order valence-electron chi connectivity index (χ1n) is 13.8. The van der Waals surface area contributed by atoms with E-state index in [-0.39, 0.29) is 17.1 Å². The number of aromatic nitrogens is 3. The first kappa shape index (κ1) is 29.3. The molecule has 4 aromatic rings. The Morgan fingerprint density at radius 3 is 2.71 bits per heavy atom. The summed E-state index contributed by atoms with van der Waals surface area (Å²) in [7, 11) is 0. The monoisotopic (exact) mass is 601 g/mol. The van der Waals surface area contributed by atoms with Crippen LogP contribution in [0.15, 0.2) is 47.5 Å². The van der Waals surface area contributed by atoms with E-state index < -0.39 is 0 Å². The number of benzene rings is 1. The summed E-state index contributed by atoms with van der Waals surface area (Å²) in [4.78, 5) is 15.5. The third kappa shape index (κ3) is 6.06. The topological polar surface area (TPSA) is 83.6 Å². The number of nitriles is 1. The molecule has 0 bridgehead atoms. The highest BCUT2D eigenvalue weighted by Gasteiger charge is 2.32. The predicted molar refractivity (Wildman–Crippen MR) is 172 cm³/mol. The van der Waals surface area contributed by atoms with Gasteiger partial charge in [-0.1, -0.05) is 68.4 Å². The number of thiophene rings is 2. The third-order valence-electron chi connectivity index (χ3n) is 7.77. The number of aryl methyl sites for hydroxylation is 2. The number of hydrogen-bond acceptors (Lipinski definition) is 7. The van der Waals surface area contributed by atoms with Crippen LogP contribution < -0.4 is 5.32 Å². The van der Waals surface area contributed by atoms with Crippen LogP contribution in [0.2, 0.25) is 0 Å². The summed E-state index contributed by atoms with van der Waals surface area (Å²) in [6.07, 6.45) is 4.74. The van der Waals surface area contributed by atoms with E-state index in [9.17, 15) is 10.1 Å². The van der Waals surface area contributed by atoms with E-state index in [2.05, 4.69) is 92.4 Å². The summed E-state index contributed by atoms with van der Waals surface area (Å²) in [6, 6.07) is 10.9. The summed E-state index contributed by atoms with van der Waals surface area (Å²) < 4.78 is 2.02. The highest BCUT2D eigenvalue weighted by molar-refractivity contribution is 7.99. The molecule has 0 fully saturated rings. The Kier molecular flexibility index (Phi) is 8.55. The Morgan fingerprint density at radius 2 is 2.02 bits per heavy atom. The lowest BCUT2D eigenvalue weighted by Gasteiger charge is -2.33. The number of allylic oxidation sites excluding steroid dienone is 1. The molecular weight excluding hydrogens is 567 g/mol. The third-order valence-corrected chi connectivity index (χ3v) is 10.8. The Labute approximate surface area is 254 Å². The molecule has 3 aromatic heterocycles. The van der Waals surface area contributed by atoms with Crippen LogP contribution in [0.3, 0.4) is 0 Å². The van der Waals surface area contributed by atoms with Crippen molar-refractivity contribution in [3.63, 3.8) is 0 Å². The molecule has 212 valence electrons. The Bertz CT molecular complexity index is 1630. The molecule has 1 atom stereocenters. The van der Waals surface area contributed by atoms with Gasteiger partial charge >= 0.3 is 0 Å². The molecule has 6 nitrogen and oxygen atoms in total. The average molecular weight is 602 g/mol. The van der Waals surface area contributed by atoms with Crippen molar-refractivity contribution in [3.8, 4) is 28.6 Å². The fraction of sp³-hybridized carbons (Fsp3) is 0.375. The van der Waals surface area contributed by atoms with Crippen LogP contribution in [0, 0.1) is 36.5 Å². The van der Waals surface area contributed by atoms with Crippen LogP contribution >= 0.6 is 34.4 Å². The number of amides is 1. The number of nitrogens with zero attached hydrogens (tertiary/aromatic N) is 4. The zero-order valence-corrected chi connectivity index (χ0v) is 26.7. The van der Waals surface area contributed by atoms with Crippen LogP contribution in [0.25, 0.3) is 22.5 Å². The molecule has 9 heteroatoms. The normalized spacial score (nSPS) is 14.9. The Morgan fingerprint density at radius 1 is 1.27 bits per heavy atom. The van der Waals surface area contributed by atoms with Crippen molar-refractivity contribution in [2.24, 2.45) is 11.3 Å². The summed E-state index contributed by atoms with van der Waals surface area (Å²) >= 11 is 4.60. The second-order valence-corrected chi connectivity index (χ2v) is 14.7. The minimum atomic E-state index is -0.154. The minimum absolute atomic E-state index is 0.154. The summed E-state index contributed by atoms with van der Waals surface area (Å²) in [5.74, 6) is 1.35. The summed E-state index contributed by atoms with van der Waals surface area (Å²) in [5.41, 5.74) is 6.51. The molecule has 1 unspecified atom stereocenters. The van der Waals surface area contributed by atoms with Gasteiger partial charge in [0.25, 0.3) is 0 Å². The number of nitrogens with one attached hydrogen (secondary N) is 1. The predicted octanol–water partition coefficient (Wildman–Crippen LogP) is 8.29. The number of thioether (sulfide) groups is 1. The van der Waals surface area contributed by atoms with Gasteiger partial charge in [-0.05, 0) is 55.6 Å². The number of hydrogen-bond donors (Lipinski definition) is 1. The number of anilines is 1. The molecule has 0 radical (unpaired) electrons. The summed E-state index contributed by atoms with van der Waals surface area (Å²) in [6.45, 7) is 15.5. The van der Waals surface area contributed by atoms with Gasteiger partial charge in [0, 0.05) is 32.8 Å². The zero-order chi connectivity index (χ0) is 29.3. The van der Waals surface area contributed by atoms with Crippen LogP contribution in [-0.2, 0) is 24.2 Å². The van der Waals surface area contributed by atoms with E-state index in [0.717, 1.165) is 47.3 Å². The maximum Gasteiger partial charge on any atom is 0.235 e. The van der Waals surface area contributed by atoms with Gasteiger partial charge < -0.3 is 5.32 Å². The molecule has 0 saturated heterocycles. The standard InChI is InChI=1S/C32H35N5OS3/c1-7-14-37-29(25-17-39-20(3)28(25)21-10-8-19(2)9-11-21)35-36-31(37)40-18-27(38)34-30-24(16-33)23-13-12-22(32(4,5)6)15-26(23)41-30/h7-11,17,22H,1,12-15,18H2,2-6H3,(H,34,38). The van der Waals surface area contributed by atoms with Gasteiger partial charge in [-0.2, -0.15) is 5.26 Å². The van der Waals surface area contributed by atoms with Gasteiger partial charge in [0.15, 0.2) is 11.0 Å². The average Bonchev–Trinajstić information content (AvgIpc) is 3.61. The van der Waals surface area contributed by atoms with Crippen molar-refractivity contribution in [2.75, 3.05) is 11.1 Å². The molecule has 41 heavy (non-hydrogen) atoms. The van der Waals surface area contributed by atoms with E-state index in [1.165, 1.54) is 27.1 Å². The van der Waals surface area contributed by atoms with Gasteiger partial charge in [0.2, 0.25) is 5.91 Å². The smallest absolute Gasteiger partial charge is 0.235 e. The minimum Gasteiger partial charge on any atom is -0.316 e.